The Morgan fingerprint density at radius 2 is 2.11 bits per heavy atom. The minimum Gasteiger partial charge on any atom is -0.384 e. The summed E-state index contributed by atoms with van der Waals surface area (Å²) in [5, 5.41) is 10.9. The summed E-state index contributed by atoms with van der Waals surface area (Å²) in [4.78, 5) is 5.12. The fourth-order valence-corrected chi connectivity index (χ4v) is 4.58. The van der Waals surface area contributed by atoms with Gasteiger partial charge in [0.05, 0.1) is 10.4 Å². The first-order chi connectivity index (χ1) is 8.58. The first-order valence-electron chi connectivity index (χ1n) is 5.68. The zero-order valence-electron chi connectivity index (χ0n) is 9.49. The fraction of sp³-hybridized carbons (Fsp3) is 0.308. The Kier molecular flexibility index (Phi) is 3.34. The predicted octanol–water partition coefficient (Wildman–Crippen LogP) is 4.04. The average molecular weight is 389 g/mol. The molecule has 0 saturated heterocycles. The van der Waals surface area contributed by atoms with E-state index in [2.05, 4.69) is 49.0 Å². The van der Waals surface area contributed by atoms with Gasteiger partial charge in [0.1, 0.15) is 10.2 Å². The highest BCUT2D eigenvalue weighted by Gasteiger charge is 2.36. The highest BCUT2D eigenvalue weighted by atomic mass is 79.9. The van der Waals surface area contributed by atoms with Gasteiger partial charge in [-0.1, -0.05) is 22.0 Å². The summed E-state index contributed by atoms with van der Waals surface area (Å²) in [5.41, 5.74) is 3.55. The molecule has 1 N–H and O–H groups in total. The van der Waals surface area contributed by atoms with E-state index in [-0.39, 0.29) is 0 Å². The first-order valence-corrected chi connectivity index (χ1v) is 8.14. The van der Waals surface area contributed by atoms with Crippen LogP contribution < -0.4 is 0 Å². The number of nitrogens with zero attached hydrogens (tertiary/aromatic N) is 1. The lowest BCUT2D eigenvalue weighted by Crippen LogP contribution is -2.32. The third-order valence-corrected chi connectivity index (χ3v) is 5.78. The van der Waals surface area contributed by atoms with Crippen LogP contribution in [0, 0.1) is 0 Å². The van der Waals surface area contributed by atoms with Crippen molar-refractivity contribution in [1.29, 1.82) is 0 Å². The monoisotopic (exact) mass is 387 g/mol. The van der Waals surface area contributed by atoms with Crippen LogP contribution in [0.4, 0.5) is 0 Å². The molecule has 1 heterocycles. The molecule has 3 rings (SSSR count). The summed E-state index contributed by atoms with van der Waals surface area (Å²) >= 11 is 8.43. The molecular formula is C13H11Br2NOS. The van der Waals surface area contributed by atoms with Gasteiger partial charge in [0.25, 0.3) is 0 Å². The van der Waals surface area contributed by atoms with E-state index in [0.717, 1.165) is 26.8 Å². The summed E-state index contributed by atoms with van der Waals surface area (Å²) in [7, 11) is 0. The van der Waals surface area contributed by atoms with E-state index < -0.39 is 5.60 Å². The zero-order chi connectivity index (χ0) is 12.8. The van der Waals surface area contributed by atoms with Crippen LogP contribution in [0.2, 0.25) is 0 Å². The largest absolute Gasteiger partial charge is 0.384 e. The molecule has 1 aromatic carbocycles. The first kappa shape index (κ1) is 12.8. The van der Waals surface area contributed by atoms with Gasteiger partial charge in [-0.2, -0.15) is 0 Å². The maximum atomic E-state index is 10.9. The van der Waals surface area contributed by atoms with Crippen molar-refractivity contribution < 1.29 is 5.11 Å². The van der Waals surface area contributed by atoms with Crippen LogP contribution in [0.1, 0.15) is 22.4 Å². The minimum absolute atomic E-state index is 0.663. The molecule has 1 unspecified atom stereocenters. The zero-order valence-corrected chi connectivity index (χ0v) is 13.5. The average Bonchev–Trinajstić information content (AvgIpc) is 2.77. The van der Waals surface area contributed by atoms with Gasteiger partial charge in [-0.3, -0.25) is 0 Å². The van der Waals surface area contributed by atoms with E-state index in [0.29, 0.717) is 6.42 Å². The maximum Gasteiger partial charge on any atom is 0.123 e. The van der Waals surface area contributed by atoms with E-state index >= 15 is 0 Å². The van der Waals surface area contributed by atoms with Crippen molar-refractivity contribution in [3.63, 3.8) is 0 Å². The Bertz CT molecular complexity index is 598. The molecule has 1 aliphatic rings. The lowest BCUT2D eigenvalue weighted by Gasteiger charge is -2.33. The van der Waals surface area contributed by atoms with Gasteiger partial charge in [0, 0.05) is 10.9 Å². The number of thiazole rings is 1. The smallest absolute Gasteiger partial charge is 0.123 e. The summed E-state index contributed by atoms with van der Waals surface area (Å²) in [6.07, 6.45) is 2.31. The van der Waals surface area contributed by atoms with E-state index in [1.54, 1.807) is 5.51 Å². The van der Waals surface area contributed by atoms with Crippen LogP contribution in [-0.2, 0) is 18.4 Å². The molecule has 1 aromatic heterocycles. The number of fused-ring (bicyclic) bond motifs is 1. The van der Waals surface area contributed by atoms with Gasteiger partial charge >= 0.3 is 0 Å². The van der Waals surface area contributed by atoms with Crippen molar-refractivity contribution >= 4 is 43.2 Å². The summed E-state index contributed by atoms with van der Waals surface area (Å²) in [6, 6.07) is 6.28. The molecule has 0 saturated carbocycles. The molecule has 0 aliphatic heterocycles. The van der Waals surface area contributed by atoms with Crippen molar-refractivity contribution in [2.75, 3.05) is 0 Å². The quantitative estimate of drug-likeness (QED) is 0.799. The van der Waals surface area contributed by atoms with E-state index in [4.69, 9.17) is 0 Å². The van der Waals surface area contributed by atoms with Crippen LogP contribution in [0.25, 0.3) is 0 Å². The standard InChI is InChI=1S/C13H11Br2NOS/c14-10-2-1-9-6-13(17,4-3-8(9)5-10)11-12(15)16-7-18-11/h1-2,5,7,17H,3-4,6H2. The molecule has 0 radical (unpaired) electrons. The van der Waals surface area contributed by atoms with Crippen molar-refractivity contribution in [3.05, 3.63) is 48.8 Å². The number of rotatable bonds is 1. The molecule has 1 atom stereocenters. The molecular weight excluding hydrogens is 378 g/mol. The second kappa shape index (κ2) is 4.71. The van der Waals surface area contributed by atoms with Crippen LogP contribution >= 0.6 is 43.2 Å². The van der Waals surface area contributed by atoms with Gasteiger partial charge in [-0.05, 0) is 52.0 Å². The van der Waals surface area contributed by atoms with Gasteiger partial charge in [0.15, 0.2) is 0 Å². The van der Waals surface area contributed by atoms with E-state index in [9.17, 15) is 5.11 Å². The molecule has 0 bridgehead atoms. The van der Waals surface area contributed by atoms with Gasteiger partial charge < -0.3 is 5.11 Å². The lowest BCUT2D eigenvalue weighted by molar-refractivity contribution is 0.0250. The van der Waals surface area contributed by atoms with E-state index in [1.807, 2.05) is 6.07 Å². The summed E-state index contributed by atoms with van der Waals surface area (Å²) in [6.45, 7) is 0. The van der Waals surface area contributed by atoms with Gasteiger partial charge in [-0.25, -0.2) is 4.98 Å². The van der Waals surface area contributed by atoms with Crippen LogP contribution in [0.3, 0.4) is 0 Å². The second-order valence-corrected chi connectivity index (χ2v) is 7.12. The van der Waals surface area contributed by atoms with Gasteiger partial charge in [0.2, 0.25) is 0 Å². The highest BCUT2D eigenvalue weighted by molar-refractivity contribution is 9.10. The lowest BCUT2D eigenvalue weighted by atomic mass is 9.80. The fourth-order valence-electron chi connectivity index (χ4n) is 2.47. The molecule has 1 aliphatic carbocycles. The van der Waals surface area contributed by atoms with Crippen LogP contribution in [-0.4, -0.2) is 10.1 Å². The number of benzene rings is 1. The second-order valence-electron chi connectivity index (χ2n) is 4.59. The van der Waals surface area contributed by atoms with Crippen molar-refractivity contribution in [3.8, 4) is 0 Å². The van der Waals surface area contributed by atoms with Crippen LogP contribution in [0.15, 0.2) is 32.8 Å². The third-order valence-electron chi connectivity index (χ3n) is 3.41. The van der Waals surface area contributed by atoms with Crippen molar-refractivity contribution in [2.24, 2.45) is 0 Å². The number of aromatic nitrogens is 1. The Balaban J connectivity index is 1.99. The normalized spacial score (nSPS) is 22.8. The number of aryl methyl sites for hydroxylation is 1. The number of hydrogen-bond donors (Lipinski definition) is 1. The molecule has 0 spiro atoms. The SMILES string of the molecule is OC1(c2scnc2Br)CCc2cc(Br)ccc2C1. The molecule has 5 heteroatoms. The van der Waals surface area contributed by atoms with Crippen molar-refractivity contribution in [2.45, 2.75) is 24.9 Å². The molecule has 2 aromatic rings. The molecule has 18 heavy (non-hydrogen) atoms. The van der Waals surface area contributed by atoms with Gasteiger partial charge in [-0.15, -0.1) is 11.3 Å². The number of hydrogen-bond acceptors (Lipinski definition) is 3. The van der Waals surface area contributed by atoms with Crippen molar-refractivity contribution in [1.82, 2.24) is 4.98 Å². The predicted molar refractivity (Wildman–Crippen MR) is 79.9 cm³/mol. The van der Waals surface area contributed by atoms with E-state index in [1.165, 1.54) is 22.5 Å². The highest BCUT2D eigenvalue weighted by Crippen LogP contribution is 2.41. The molecule has 0 fully saturated rings. The molecule has 94 valence electrons. The topological polar surface area (TPSA) is 33.1 Å². The maximum absolute atomic E-state index is 10.9. The number of halogens is 2. The molecule has 0 amide bonds. The molecule has 2 nitrogen and oxygen atoms in total. The third kappa shape index (κ3) is 2.18. The minimum atomic E-state index is -0.777. The Morgan fingerprint density at radius 3 is 2.83 bits per heavy atom. The van der Waals surface area contributed by atoms with Crippen LogP contribution in [0.5, 0.6) is 0 Å². The summed E-state index contributed by atoms with van der Waals surface area (Å²) in [5.74, 6) is 0. The Morgan fingerprint density at radius 1 is 1.28 bits per heavy atom. The Labute approximate surface area is 126 Å². The number of aliphatic hydroxyl groups is 1. The summed E-state index contributed by atoms with van der Waals surface area (Å²) < 4.78 is 1.88. The Hall–Kier alpha value is -0.230.